The lowest BCUT2D eigenvalue weighted by atomic mass is 10.1. The van der Waals surface area contributed by atoms with Gasteiger partial charge in [-0.25, -0.2) is 4.39 Å². The molecule has 0 aromatic heterocycles. The van der Waals surface area contributed by atoms with Crippen molar-refractivity contribution in [2.75, 3.05) is 10.6 Å². The normalized spacial score (nSPS) is 11.8. The van der Waals surface area contributed by atoms with E-state index in [0.29, 0.717) is 16.8 Å². The van der Waals surface area contributed by atoms with E-state index in [0.717, 1.165) is 26.9 Å². The molecule has 0 aliphatic rings. The Balaban J connectivity index is 1.24. The molecule has 48 heavy (non-hydrogen) atoms. The summed E-state index contributed by atoms with van der Waals surface area (Å²) in [6, 6.07) is 44.5. The number of amides is 3. The zero-order valence-corrected chi connectivity index (χ0v) is 26.4. The van der Waals surface area contributed by atoms with Gasteiger partial charge in [-0.15, -0.1) is 11.8 Å². The lowest BCUT2D eigenvalue weighted by Crippen LogP contribution is -2.30. The standard InChI is InChI=1S/C40H30FN3O3S/c41-31-23-21-27(22-24-31)25-36(44-38(45)30-14-5-2-6-15-30)39(46)42-32-17-10-18-33(26-32)48-37(29-12-3-1-4-13-29)40(47)43-35-20-9-16-28-11-7-8-19-34(28)35/h1-26,37H,(H,42,46)(H,43,47)(H,44,45)/b36-25+. The summed E-state index contributed by atoms with van der Waals surface area (Å²) in [4.78, 5) is 41.2. The topological polar surface area (TPSA) is 87.3 Å². The Hall–Kier alpha value is -5.99. The van der Waals surface area contributed by atoms with Gasteiger partial charge in [0.2, 0.25) is 5.91 Å². The second-order valence-corrected chi connectivity index (χ2v) is 12.0. The lowest BCUT2D eigenvalue weighted by molar-refractivity contribution is -0.116. The molecule has 1 unspecified atom stereocenters. The predicted molar refractivity (Wildman–Crippen MR) is 191 cm³/mol. The van der Waals surface area contributed by atoms with Crippen LogP contribution in [-0.2, 0) is 9.59 Å². The smallest absolute Gasteiger partial charge is 0.272 e. The maximum Gasteiger partial charge on any atom is 0.272 e. The highest BCUT2D eigenvalue weighted by Crippen LogP contribution is 2.38. The Bertz CT molecular complexity index is 2100. The molecule has 6 nitrogen and oxygen atoms in total. The van der Waals surface area contributed by atoms with E-state index < -0.39 is 22.9 Å². The quantitative estimate of drug-likeness (QED) is 0.102. The molecule has 6 rings (SSSR count). The van der Waals surface area contributed by atoms with Gasteiger partial charge in [0.15, 0.2) is 0 Å². The Morgan fingerprint density at radius 1 is 0.667 bits per heavy atom. The van der Waals surface area contributed by atoms with Gasteiger partial charge < -0.3 is 16.0 Å². The van der Waals surface area contributed by atoms with Crippen molar-refractivity contribution in [3.8, 4) is 0 Å². The molecule has 0 bridgehead atoms. The minimum absolute atomic E-state index is 0.0230. The van der Waals surface area contributed by atoms with Crippen LogP contribution in [0.1, 0.15) is 26.7 Å². The van der Waals surface area contributed by atoms with E-state index in [-0.39, 0.29) is 11.6 Å². The first-order valence-electron chi connectivity index (χ1n) is 15.2. The maximum absolute atomic E-state index is 13.9. The molecule has 0 heterocycles. The van der Waals surface area contributed by atoms with Crippen LogP contribution in [0, 0.1) is 5.82 Å². The monoisotopic (exact) mass is 651 g/mol. The van der Waals surface area contributed by atoms with Crippen LogP contribution in [0.4, 0.5) is 15.8 Å². The Morgan fingerprint density at radius 2 is 1.33 bits per heavy atom. The van der Waals surface area contributed by atoms with Crippen molar-refractivity contribution < 1.29 is 18.8 Å². The van der Waals surface area contributed by atoms with E-state index >= 15 is 0 Å². The molecule has 0 saturated heterocycles. The highest BCUT2D eigenvalue weighted by atomic mass is 32.2. The van der Waals surface area contributed by atoms with E-state index in [9.17, 15) is 18.8 Å². The van der Waals surface area contributed by atoms with Crippen LogP contribution in [0.25, 0.3) is 16.8 Å². The number of thioether (sulfide) groups is 1. The second kappa shape index (κ2) is 15.1. The van der Waals surface area contributed by atoms with E-state index in [1.54, 1.807) is 48.5 Å². The molecule has 3 amide bonds. The average molecular weight is 652 g/mol. The first-order chi connectivity index (χ1) is 23.4. The van der Waals surface area contributed by atoms with E-state index in [4.69, 9.17) is 0 Å². The number of halogens is 1. The number of hydrogen-bond acceptors (Lipinski definition) is 4. The molecule has 0 saturated carbocycles. The number of anilines is 2. The third kappa shape index (κ3) is 8.04. The molecule has 0 aliphatic heterocycles. The molecule has 6 aromatic carbocycles. The molecule has 8 heteroatoms. The van der Waals surface area contributed by atoms with Crippen LogP contribution in [0.5, 0.6) is 0 Å². The largest absolute Gasteiger partial charge is 0.324 e. The van der Waals surface area contributed by atoms with Gasteiger partial charge in [-0.05, 0) is 71.1 Å². The molecule has 236 valence electrons. The minimum atomic E-state index is -0.602. The predicted octanol–water partition coefficient (Wildman–Crippen LogP) is 8.86. The van der Waals surface area contributed by atoms with Crippen molar-refractivity contribution in [3.05, 3.63) is 180 Å². The van der Waals surface area contributed by atoms with Gasteiger partial charge in [-0.2, -0.15) is 0 Å². The summed E-state index contributed by atoms with van der Waals surface area (Å²) in [5, 5.41) is 10.0. The molecule has 0 fully saturated rings. The number of carbonyl (C=O) groups is 3. The van der Waals surface area contributed by atoms with E-state index in [1.165, 1.54) is 42.1 Å². The van der Waals surface area contributed by atoms with Gasteiger partial charge in [-0.3, -0.25) is 14.4 Å². The summed E-state index contributed by atoms with van der Waals surface area (Å²) >= 11 is 1.35. The van der Waals surface area contributed by atoms with Crippen LogP contribution >= 0.6 is 11.8 Å². The van der Waals surface area contributed by atoms with Gasteiger partial charge in [0.1, 0.15) is 16.8 Å². The van der Waals surface area contributed by atoms with Crippen LogP contribution in [-0.4, -0.2) is 17.7 Å². The fourth-order valence-corrected chi connectivity index (χ4v) is 6.17. The van der Waals surface area contributed by atoms with Crippen molar-refractivity contribution in [2.45, 2.75) is 10.1 Å². The van der Waals surface area contributed by atoms with E-state index in [2.05, 4.69) is 16.0 Å². The summed E-state index contributed by atoms with van der Waals surface area (Å²) in [5.74, 6) is -1.64. The number of hydrogen-bond donors (Lipinski definition) is 3. The highest BCUT2D eigenvalue weighted by Gasteiger charge is 2.23. The van der Waals surface area contributed by atoms with Crippen molar-refractivity contribution in [1.29, 1.82) is 0 Å². The molecule has 0 radical (unpaired) electrons. The number of fused-ring (bicyclic) bond motifs is 1. The average Bonchev–Trinajstić information content (AvgIpc) is 3.12. The van der Waals surface area contributed by atoms with Crippen LogP contribution in [0.2, 0.25) is 0 Å². The van der Waals surface area contributed by atoms with Gasteiger partial charge in [-0.1, -0.05) is 103 Å². The van der Waals surface area contributed by atoms with Crippen LogP contribution in [0.3, 0.4) is 0 Å². The number of rotatable bonds is 10. The summed E-state index contributed by atoms with van der Waals surface area (Å²) in [7, 11) is 0. The van der Waals surface area contributed by atoms with Gasteiger partial charge in [0.05, 0.1) is 0 Å². The molecule has 0 aliphatic carbocycles. The van der Waals surface area contributed by atoms with Crippen LogP contribution < -0.4 is 16.0 Å². The van der Waals surface area contributed by atoms with Gasteiger partial charge in [0, 0.05) is 27.2 Å². The zero-order chi connectivity index (χ0) is 33.3. The number of carbonyl (C=O) groups excluding carboxylic acids is 3. The molecular weight excluding hydrogens is 622 g/mol. The molecule has 3 N–H and O–H groups in total. The second-order valence-electron chi connectivity index (χ2n) is 10.8. The summed E-state index contributed by atoms with van der Waals surface area (Å²) in [6.07, 6.45) is 1.48. The highest BCUT2D eigenvalue weighted by molar-refractivity contribution is 8.00. The molecule has 6 aromatic rings. The van der Waals surface area contributed by atoms with Crippen molar-refractivity contribution >= 4 is 57.7 Å². The van der Waals surface area contributed by atoms with E-state index in [1.807, 2.05) is 78.9 Å². The Morgan fingerprint density at radius 3 is 2.10 bits per heavy atom. The molecule has 1 atom stereocenters. The number of benzene rings is 6. The Labute approximate surface area is 281 Å². The summed E-state index contributed by atoms with van der Waals surface area (Å²) < 4.78 is 13.6. The fourth-order valence-electron chi connectivity index (χ4n) is 5.08. The Kier molecular flexibility index (Phi) is 10.0. The SMILES string of the molecule is O=C(Nc1cccc(SC(C(=O)Nc2cccc3ccccc23)c2ccccc2)c1)/C(=C\c1ccc(F)cc1)NC(=O)c1ccccc1. The van der Waals surface area contributed by atoms with Crippen molar-refractivity contribution in [3.63, 3.8) is 0 Å². The van der Waals surface area contributed by atoms with Crippen LogP contribution in [0.15, 0.2) is 162 Å². The first kappa shape index (κ1) is 32.0. The fraction of sp³-hybridized carbons (Fsp3) is 0.0250. The maximum atomic E-state index is 13.9. The van der Waals surface area contributed by atoms with Crippen molar-refractivity contribution in [2.24, 2.45) is 0 Å². The summed E-state index contributed by atoms with van der Waals surface area (Å²) in [6.45, 7) is 0. The molecular formula is C40H30FN3O3S. The third-order valence-electron chi connectivity index (χ3n) is 7.44. The molecule has 0 spiro atoms. The van der Waals surface area contributed by atoms with Gasteiger partial charge in [0.25, 0.3) is 11.8 Å². The number of nitrogens with one attached hydrogen (secondary N) is 3. The van der Waals surface area contributed by atoms with Gasteiger partial charge >= 0.3 is 0 Å². The zero-order valence-electron chi connectivity index (χ0n) is 25.6. The third-order valence-corrected chi connectivity index (χ3v) is 8.69. The lowest BCUT2D eigenvalue weighted by Gasteiger charge is -2.18. The summed E-state index contributed by atoms with van der Waals surface area (Å²) in [5.41, 5.74) is 2.89. The first-order valence-corrected chi connectivity index (χ1v) is 16.1. The minimum Gasteiger partial charge on any atom is -0.324 e. The van der Waals surface area contributed by atoms with Crippen molar-refractivity contribution in [1.82, 2.24) is 5.32 Å².